The Kier molecular flexibility index (Phi) is 2.04. The van der Waals surface area contributed by atoms with Gasteiger partial charge in [-0.05, 0) is 23.7 Å². The predicted octanol–water partition coefficient (Wildman–Crippen LogP) is 2.52. The van der Waals surface area contributed by atoms with Gasteiger partial charge in [0.1, 0.15) is 11.3 Å². The Morgan fingerprint density at radius 2 is 2.19 bits per heavy atom. The molecule has 3 rings (SSSR count). The molecule has 0 fully saturated rings. The van der Waals surface area contributed by atoms with E-state index in [2.05, 4.69) is 9.59 Å². The number of hydrogen-bond donors (Lipinski definition) is 0. The fourth-order valence-electron chi connectivity index (χ4n) is 1.48. The van der Waals surface area contributed by atoms with E-state index in [0.29, 0.717) is 17.0 Å². The molecule has 0 aliphatic rings. The molecule has 0 radical (unpaired) electrons. The summed E-state index contributed by atoms with van der Waals surface area (Å²) in [5, 5.41) is 6.24. The van der Waals surface area contributed by atoms with Crippen LogP contribution in [0.5, 0.6) is 0 Å². The molecule has 0 spiro atoms. The highest BCUT2D eigenvalue weighted by Gasteiger charge is 2.16. The lowest BCUT2D eigenvalue weighted by molar-refractivity contribution is 0.101. The molecule has 0 aliphatic heterocycles. The van der Waals surface area contributed by atoms with E-state index >= 15 is 0 Å². The summed E-state index contributed by atoms with van der Waals surface area (Å²) in [6.45, 7) is 0. The molecule has 0 atom stereocenters. The van der Waals surface area contributed by atoms with Gasteiger partial charge in [-0.2, -0.15) is 0 Å². The maximum absolute atomic E-state index is 11.9. The second-order valence-electron chi connectivity index (χ2n) is 3.27. The fraction of sp³-hybridized carbons (Fsp3) is 0. The van der Waals surface area contributed by atoms with Crippen LogP contribution in [0.25, 0.3) is 11.0 Å². The van der Waals surface area contributed by atoms with Gasteiger partial charge in [0.15, 0.2) is 5.76 Å². The van der Waals surface area contributed by atoms with E-state index in [4.69, 9.17) is 4.42 Å². The number of benzene rings is 1. The number of carbonyl (C=O) groups is 1. The van der Waals surface area contributed by atoms with Gasteiger partial charge in [-0.3, -0.25) is 4.79 Å². The topological polar surface area (TPSA) is 56.0 Å². The fourth-order valence-corrected chi connectivity index (χ4v) is 1.92. The normalized spacial score (nSPS) is 10.8. The van der Waals surface area contributed by atoms with Crippen LogP contribution >= 0.6 is 11.5 Å². The second-order valence-corrected chi connectivity index (χ2v) is 3.88. The van der Waals surface area contributed by atoms with E-state index in [1.54, 1.807) is 11.4 Å². The summed E-state index contributed by atoms with van der Waals surface area (Å²) >= 11 is 1.15. The van der Waals surface area contributed by atoms with Crippen LogP contribution in [0.15, 0.2) is 40.1 Å². The molecule has 2 heterocycles. The van der Waals surface area contributed by atoms with Crippen molar-refractivity contribution in [1.82, 2.24) is 9.59 Å². The summed E-state index contributed by atoms with van der Waals surface area (Å²) in [5.41, 5.74) is 1.03. The first-order valence-electron chi connectivity index (χ1n) is 4.65. The van der Waals surface area contributed by atoms with Gasteiger partial charge in [0.2, 0.25) is 5.78 Å². The number of furan rings is 1. The van der Waals surface area contributed by atoms with Crippen molar-refractivity contribution < 1.29 is 9.21 Å². The molecule has 16 heavy (non-hydrogen) atoms. The van der Waals surface area contributed by atoms with E-state index in [9.17, 15) is 4.79 Å². The molecule has 78 valence electrons. The summed E-state index contributed by atoms with van der Waals surface area (Å²) in [7, 11) is 0. The van der Waals surface area contributed by atoms with E-state index in [0.717, 1.165) is 16.9 Å². The maximum Gasteiger partial charge on any atom is 0.249 e. The molecular weight excluding hydrogens is 224 g/mol. The summed E-state index contributed by atoms with van der Waals surface area (Å²) in [5.74, 6) is 0.0684. The van der Waals surface area contributed by atoms with Crippen molar-refractivity contribution in [3.8, 4) is 0 Å². The Morgan fingerprint density at radius 3 is 2.94 bits per heavy atom. The molecule has 0 amide bonds. The van der Waals surface area contributed by atoms with Crippen molar-refractivity contribution >= 4 is 28.3 Å². The van der Waals surface area contributed by atoms with Crippen LogP contribution in [-0.2, 0) is 0 Å². The van der Waals surface area contributed by atoms with Crippen molar-refractivity contribution in [2.75, 3.05) is 0 Å². The molecule has 4 nitrogen and oxygen atoms in total. The number of ketones is 1. The van der Waals surface area contributed by atoms with Gasteiger partial charge >= 0.3 is 0 Å². The molecule has 3 aromatic rings. The SMILES string of the molecule is O=C(c1csnn1)c1cc2ccccc2o1. The Balaban J connectivity index is 2.10. The van der Waals surface area contributed by atoms with Crippen molar-refractivity contribution in [2.24, 2.45) is 0 Å². The Hall–Kier alpha value is -2.01. The highest BCUT2D eigenvalue weighted by molar-refractivity contribution is 7.03. The second kappa shape index (κ2) is 3.53. The maximum atomic E-state index is 11.9. The van der Waals surface area contributed by atoms with Crippen LogP contribution in [0, 0.1) is 0 Å². The van der Waals surface area contributed by atoms with E-state index in [1.165, 1.54) is 0 Å². The largest absolute Gasteiger partial charge is 0.453 e. The van der Waals surface area contributed by atoms with Crippen molar-refractivity contribution in [3.05, 3.63) is 47.2 Å². The number of fused-ring (bicyclic) bond motifs is 1. The third kappa shape index (κ3) is 1.42. The highest BCUT2D eigenvalue weighted by Crippen LogP contribution is 2.20. The van der Waals surface area contributed by atoms with Gasteiger partial charge in [0.25, 0.3) is 0 Å². The van der Waals surface area contributed by atoms with Crippen LogP contribution in [0.3, 0.4) is 0 Å². The number of aromatic nitrogens is 2. The molecule has 0 aliphatic carbocycles. The van der Waals surface area contributed by atoms with Crippen LogP contribution in [0.1, 0.15) is 16.2 Å². The van der Waals surface area contributed by atoms with E-state index < -0.39 is 0 Å². The average Bonchev–Trinajstić information content (AvgIpc) is 2.97. The summed E-state index contributed by atoms with van der Waals surface area (Å²) in [4.78, 5) is 11.9. The van der Waals surface area contributed by atoms with Crippen LogP contribution in [0.2, 0.25) is 0 Å². The number of nitrogens with zero attached hydrogens (tertiary/aromatic N) is 2. The number of carbonyl (C=O) groups excluding carboxylic acids is 1. The Labute approximate surface area is 94.7 Å². The van der Waals surface area contributed by atoms with Crippen molar-refractivity contribution in [2.45, 2.75) is 0 Å². The van der Waals surface area contributed by atoms with Crippen molar-refractivity contribution in [3.63, 3.8) is 0 Å². The lowest BCUT2D eigenvalue weighted by atomic mass is 10.2. The van der Waals surface area contributed by atoms with Crippen LogP contribution in [-0.4, -0.2) is 15.4 Å². The third-order valence-corrected chi connectivity index (χ3v) is 2.75. The first kappa shape index (κ1) is 9.23. The van der Waals surface area contributed by atoms with Gasteiger partial charge < -0.3 is 4.42 Å². The lowest BCUT2D eigenvalue weighted by Crippen LogP contribution is -1.99. The molecule has 1 aromatic carbocycles. The standard InChI is InChI=1S/C11H6N2O2S/c14-11(8-6-16-13-12-8)10-5-7-3-1-2-4-9(7)15-10/h1-6H. The van der Waals surface area contributed by atoms with Gasteiger partial charge in [-0.1, -0.05) is 22.7 Å². The minimum atomic E-state index is -0.232. The quantitative estimate of drug-likeness (QED) is 0.635. The first-order chi connectivity index (χ1) is 7.84. The molecular formula is C11H6N2O2S. The van der Waals surface area contributed by atoms with E-state index in [-0.39, 0.29) is 5.78 Å². The monoisotopic (exact) mass is 230 g/mol. The number of rotatable bonds is 2. The Morgan fingerprint density at radius 1 is 1.31 bits per heavy atom. The van der Waals surface area contributed by atoms with Gasteiger partial charge in [-0.25, -0.2) is 0 Å². The molecule has 5 heteroatoms. The third-order valence-electron chi connectivity index (χ3n) is 2.24. The first-order valence-corrected chi connectivity index (χ1v) is 5.48. The average molecular weight is 230 g/mol. The van der Waals surface area contributed by atoms with E-state index in [1.807, 2.05) is 24.3 Å². The molecule has 0 N–H and O–H groups in total. The molecule has 0 saturated carbocycles. The smallest absolute Gasteiger partial charge is 0.249 e. The number of para-hydroxylation sites is 1. The zero-order valence-corrected chi connectivity index (χ0v) is 8.90. The van der Waals surface area contributed by atoms with Crippen LogP contribution < -0.4 is 0 Å². The Bertz CT molecular complexity index is 610. The minimum Gasteiger partial charge on any atom is -0.453 e. The summed E-state index contributed by atoms with van der Waals surface area (Å²) in [6, 6.07) is 9.21. The number of hydrogen-bond acceptors (Lipinski definition) is 5. The molecule has 0 unspecified atom stereocenters. The zero-order valence-electron chi connectivity index (χ0n) is 8.08. The predicted molar refractivity (Wildman–Crippen MR) is 59.6 cm³/mol. The lowest BCUT2D eigenvalue weighted by Gasteiger charge is -1.88. The van der Waals surface area contributed by atoms with Gasteiger partial charge in [0, 0.05) is 10.8 Å². The minimum absolute atomic E-state index is 0.232. The van der Waals surface area contributed by atoms with Gasteiger partial charge in [0.05, 0.1) is 0 Å². The zero-order chi connectivity index (χ0) is 11.0. The van der Waals surface area contributed by atoms with Crippen LogP contribution in [0.4, 0.5) is 0 Å². The molecule has 0 bridgehead atoms. The highest BCUT2D eigenvalue weighted by atomic mass is 32.1. The van der Waals surface area contributed by atoms with Crippen molar-refractivity contribution in [1.29, 1.82) is 0 Å². The summed E-state index contributed by atoms with van der Waals surface area (Å²) in [6.07, 6.45) is 0. The molecule has 0 saturated heterocycles. The van der Waals surface area contributed by atoms with Gasteiger partial charge in [-0.15, -0.1) is 5.10 Å². The molecule has 2 aromatic heterocycles. The summed E-state index contributed by atoms with van der Waals surface area (Å²) < 4.78 is 9.09.